The van der Waals surface area contributed by atoms with Crippen molar-refractivity contribution in [1.82, 2.24) is 4.98 Å². The molecule has 0 radical (unpaired) electrons. The molecule has 0 spiro atoms. The van der Waals surface area contributed by atoms with Crippen LogP contribution >= 0.6 is 11.8 Å². The Morgan fingerprint density at radius 1 is 1.53 bits per heavy atom. The molecule has 1 rings (SSSR count). The summed E-state index contributed by atoms with van der Waals surface area (Å²) in [6.45, 7) is 4.26. The van der Waals surface area contributed by atoms with E-state index in [0.29, 0.717) is 5.25 Å². The maximum atomic E-state index is 8.83. The normalized spacial score (nSPS) is 14.9. The minimum absolute atomic E-state index is 0.00234. The van der Waals surface area contributed by atoms with Gasteiger partial charge in [-0.1, -0.05) is 13.0 Å². The molecule has 0 aliphatic rings. The lowest BCUT2D eigenvalue weighted by Gasteiger charge is -2.14. The van der Waals surface area contributed by atoms with Crippen LogP contribution in [-0.4, -0.2) is 21.9 Å². The maximum Gasteiger partial charge on any atom is 0.101 e. The van der Waals surface area contributed by atoms with E-state index in [0.717, 1.165) is 17.0 Å². The molecule has 1 aromatic heterocycles. The highest BCUT2D eigenvalue weighted by Gasteiger charge is 2.11. The number of nitrogens with zero attached hydrogens (tertiary/aromatic N) is 1. The zero-order chi connectivity index (χ0) is 11.3. The lowest BCUT2D eigenvalue weighted by molar-refractivity contribution is 0.289. The Labute approximate surface area is 95.1 Å². The molecule has 2 atom stereocenters. The average molecular weight is 226 g/mol. The molecule has 0 aliphatic carbocycles. The van der Waals surface area contributed by atoms with E-state index < -0.39 is 0 Å². The van der Waals surface area contributed by atoms with Crippen molar-refractivity contribution < 1.29 is 5.11 Å². The fourth-order valence-corrected chi connectivity index (χ4v) is 2.40. The van der Waals surface area contributed by atoms with Crippen LogP contribution in [0.2, 0.25) is 0 Å². The van der Waals surface area contributed by atoms with Crippen LogP contribution in [0, 0.1) is 0 Å². The SMILES string of the molecule is CC(CCO)Sc1ncccc1[C@@H](C)N. The highest BCUT2D eigenvalue weighted by atomic mass is 32.2. The first-order valence-corrected chi connectivity index (χ1v) is 6.01. The highest BCUT2D eigenvalue weighted by Crippen LogP contribution is 2.28. The Bertz CT molecular complexity index is 304. The fourth-order valence-electron chi connectivity index (χ4n) is 1.28. The largest absolute Gasteiger partial charge is 0.396 e. The highest BCUT2D eigenvalue weighted by molar-refractivity contribution is 7.99. The number of aromatic nitrogens is 1. The summed E-state index contributed by atoms with van der Waals surface area (Å²) in [5.74, 6) is 0. The van der Waals surface area contributed by atoms with E-state index in [-0.39, 0.29) is 12.6 Å². The minimum Gasteiger partial charge on any atom is -0.396 e. The molecule has 1 aromatic rings. The molecule has 3 nitrogen and oxygen atoms in total. The van der Waals surface area contributed by atoms with E-state index in [4.69, 9.17) is 10.8 Å². The third kappa shape index (κ3) is 3.81. The summed E-state index contributed by atoms with van der Waals surface area (Å²) >= 11 is 1.67. The van der Waals surface area contributed by atoms with Crippen LogP contribution in [-0.2, 0) is 0 Å². The molecule has 1 heterocycles. The smallest absolute Gasteiger partial charge is 0.101 e. The third-order valence-electron chi connectivity index (χ3n) is 2.14. The predicted octanol–water partition coefficient (Wildman–Crippen LogP) is 1.96. The Morgan fingerprint density at radius 3 is 2.87 bits per heavy atom. The van der Waals surface area contributed by atoms with E-state index in [2.05, 4.69) is 11.9 Å². The molecule has 0 saturated carbocycles. The number of aliphatic hydroxyl groups is 1. The minimum atomic E-state index is 0.00234. The van der Waals surface area contributed by atoms with Crippen LogP contribution in [0.1, 0.15) is 31.9 Å². The molecule has 0 amide bonds. The average Bonchev–Trinajstić information content (AvgIpc) is 2.18. The van der Waals surface area contributed by atoms with Crippen LogP contribution in [0.25, 0.3) is 0 Å². The van der Waals surface area contributed by atoms with Gasteiger partial charge in [0.2, 0.25) is 0 Å². The van der Waals surface area contributed by atoms with Crippen LogP contribution < -0.4 is 5.73 Å². The Balaban J connectivity index is 2.75. The lowest BCUT2D eigenvalue weighted by atomic mass is 10.2. The van der Waals surface area contributed by atoms with Crippen LogP contribution in [0.4, 0.5) is 0 Å². The number of rotatable bonds is 5. The Hall–Kier alpha value is -0.580. The second-order valence-electron chi connectivity index (χ2n) is 3.63. The van der Waals surface area contributed by atoms with Crippen molar-refractivity contribution in [3.05, 3.63) is 23.9 Å². The van der Waals surface area contributed by atoms with E-state index in [1.54, 1.807) is 18.0 Å². The molecule has 0 aliphatic heterocycles. The van der Waals surface area contributed by atoms with Gasteiger partial charge in [0.05, 0.1) is 0 Å². The quantitative estimate of drug-likeness (QED) is 0.754. The molecule has 4 heteroatoms. The number of hydrogen-bond donors (Lipinski definition) is 2. The van der Waals surface area contributed by atoms with Crippen molar-refractivity contribution >= 4 is 11.8 Å². The van der Waals surface area contributed by atoms with E-state index in [9.17, 15) is 0 Å². The van der Waals surface area contributed by atoms with Crippen LogP contribution in [0.5, 0.6) is 0 Å². The molecule has 1 unspecified atom stereocenters. The zero-order valence-corrected chi connectivity index (χ0v) is 10.00. The zero-order valence-electron chi connectivity index (χ0n) is 9.18. The van der Waals surface area contributed by atoms with Crippen molar-refractivity contribution in [2.75, 3.05) is 6.61 Å². The van der Waals surface area contributed by atoms with Gasteiger partial charge in [0.1, 0.15) is 5.03 Å². The summed E-state index contributed by atoms with van der Waals surface area (Å²) in [5, 5.41) is 10.2. The molecule has 0 saturated heterocycles. The summed E-state index contributed by atoms with van der Waals surface area (Å²) in [6.07, 6.45) is 2.56. The standard InChI is InChI=1S/C11H18N2OS/c1-8(5-7-14)15-11-10(9(2)12)4-3-6-13-11/h3-4,6,8-9,14H,5,7,12H2,1-2H3/t8?,9-/m1/s1. The van der Waals surface area contributed by atoms with Gasteiger partial charge in [0.25, 0.3) is 0 Å². The first-order chi connectivity index (χ1) is 7.15. The summed E-state index contributed by atoms with van der Waals surface area (Å²) in [7, 11) is 0. The topological polar surface area (TPSA) is 59.1 Å². The number of hydrogen-bond acceptors (Lipinski definition) is 4. The van der Waals surface area contributed by atoms with Gasteiger partial charge in [0.15, 0.2) is 0 Å². The van der Waals surface area contributed by atoms with Gasteiger partial charge in [0, 0.05) is 29.7 Å². The Morgan fingerprint density at radius 2 is 2.27 bits per heavy atom. The van der Waals surface area contributed by atoms with E-state index >= 15 is 0 Å². The number of thioether (sulfide) groups is 1. The summed E-state index contributed by atoms with van der Waals surface area (Å²) in [6, 6.07) is 3.91. The van der Waals surface area contributed by atoms with Crippen LogP contribution in [0.15, 0.2) is 23.4 Å². The van der Waals surface area contributed by atoms with Crippen molar-refractivity contribution in [3.8, 4) is 0 Å². The molecule has 84 valence electrons. The molecule has 15 heavy (non-hydrogen) atoms. The molecular formula is C11H18N2OS. The van der Waals surface area contributed by atoms with Crippen molar-refractivity contribution in [3.63, 3.8) is 0 Å². The van der Waals surface area contributed by atoms with Crippen molar-refractivity contribution in [2.45, 2.75) is 36.6 Å². The maximum absolute atomic E-state index is 8.83. The van der Waals surface area contributed by atoms with Gasteiger partial charge in [-0.25, -0.2) is 4.98 Å². The number of aliphatic hydroxyl groups excluding tert-OH is 1. The van der Waals surface area contributed by atoms with Crippen LogP contribution in [0.3, 0.4) is 0 Å². The van der Waals surface area contributed by atoms with Crippen molar-refractivity contribution in [1.29, 1.82) is 0 Å². The van der Waals surface area contributed by atoms with Gasteiger partial charge >= 0.3 is 0 Å². The summed E-state index contributed by atoms with van der Waals surface area (Å²) in [5.41, 5.74) is 6.94. The second-order valence-corrected chi connectivity index (χ2v) is 5.05. The van der Waals surface area contributed by atoms with Crippen molar-refractivity contribution in [2.24, 2.45) is 5.73 Å². The fraction of sp³-hybridized carbons (Fsp3) is 0.545. The first kappa shape index (κ1) is 12.5. The predicted molar refractivity (Wildman–Crippen MR) is 63.9 cm³/mol. The van der Waals surface area contributed by atoms with Gasteiger partial charge in [-0.15, -0.1) is 11.8 Å². The molecule has 0 fully saturated rings. The number of nitrogens with two attached hydrogens (primary N) is 1. The lowest BCUT2D eigenvalue weighted by Crippen LogP contribution is -2.09. The second kappa shape index (κ2) is 6.10. The molecule has 0 aromatic carbocycles. The molecule has 3 N–H and O–H groups in total. The van der Waals surface area contributed by atoms with E-state index in [1.807, 2.05) is 19.1 Å². The summed E-state index contributed by atoms with van der Waals surface area (Å²) in [4.78, 5) is 4.32. The molecule has 0 bridgehead atoms. The van der Waals surface area contributed by atoms with Gasteiger partial charge in [-0.2, -0.15) is 0 Å². The molecular weight excluding hydrogens is 208 g/mol. The van der Waals surface area contributed by atoms with Gasteiger partial charge in [-0.05, 0) is 19.4 Å². The summed E-state index contributed by atoms with van der Waals surface area (Å²) < 4.78 is 0. The van der Waals surface area contributed by atoms with Gasteiger partial charge in [-0.3, -0.25) is 0 Å². The third-order valence-corrected chi connectivity index (χ3v) is 3.34. The number of pyridine rings is 1. The Kier molecular flexibility index (Phi) is 5.08. The monoisotopic (exact) mass is 226 g/mol. The van der Waals surface area contributed by atoms with Gasteiger partial charge < -0.3 is 10.8 Å². The first-order valence-electron chi connectivity index (χ1n) is 5.13. The van der Waals surface area contributed by atoms with E-state index in [1.165, 1.54) is 0 Å².